The number of aliphatic hydroxyl groups excluding tert-OH is 1. The van der Waals surface area contributed by atoms with Gasteiger partial charge >= 0.3 is 12.0 Å². The van der Waals surface area contributed by atoms with Gasteiger partial charge in [-0.3, -0.25) is 4.79 Å². The average molecular weight is 288 g/mol. The number of amides is 2. The molecule has 7 nitrogen and oxygen atoms in total. The summed E-state index contributed by atoms with van der Waals surface area (Å²) >= 11 is 0. The van der Waals surface area contributed by atoms with Gasteiger partial charge in [0.2, 0.25) is 0 Å². The molecule has 116 valence electrons. The van der Waals surface area contributed by atoms with E-state index in [2.05, 4.69) is 0 Å². The highest BCUT2D eigenvalue weighted by atomic mass is 16.5. The van der Waals surface area contributed by atoms with Crippen LogP contribution in [-0.4, -0.2) is 78.0 Å². The lowest BCUT2D eigenvalue weighted by atomic mass is 10.1. The number of likely N-dealkylation sites (tertiary alicyclic amines) is 1. The van der Waals surface area contributed by atoms with Crippen LogP contribution in [0.2, 0.25) is 0 Å². The van der Waals surface area contributed by atoms with Crippen LogP contribution in [0.1, 0.15) is 19.8 Å². The molecule has 0 aliphatic carbocycles. The minimum absolute atomic E-state index is 0.00889. The van der Waals surface area contributed by atoms with Gasteiger partial charge in [-0.25, -0.2) is 4.79 Å². The number of carboxylic acids is 1. The average Bonchev–Trinajstić information content (AvgIpc) is 2.44. The van der Waals surface area contributed by atoms with Gasteiger partial charge in [0.15, 0.2) is 0 Å². The zero-order valence-corrected chi connectivity index (χ0v) is 12.1. The standard InChI is InChI=1S/C13H24N2O5/c1-10(12(17)18)9-14(2)13(19)15-5-3-11(4-6-15)20-8-7-16/h10-11,16H,3-9H2,1-2H3,(H,17,18). The van der Waals surface area contributed by atoms with Crippen LogP contribution in [-0.2, 0) is 9.53 Å². The lowest BCUT2D eigenvalue weighted by molar-refractivity contribution is -0.141. The molecule has 1 saturated heterocycles. The predicted molar refractivity (Wildman–Crippen MR) is 72.5 cm³/mol. The van der Waals surface area contributed by atoms with E-state index in [9.17, 15) is 9.59 Å². The van der Waals surface area contributed by atoms with Gasteiger partial charge in [0, 0.05) is 26.7 Å². The van der Waals surface area contributed by atoms with E-state index in [-0.39, 0.29) is 25.3 Å². The number of ether oxygens (including phenoxy) is 1. The Kier molecular flexibility index (Phi) is 6.74. The van der Waals surface area contributed by atoms with Crippen molar-refractivity contribution in [2.45, 2.75) is 25.9 Å². The number of aliphatic hydroxyl groups is 1. The van der Waals surface area contributed by atoms with E-state index in [0.29, 0.717) is 19.7 Å². The Balaban J connectivity index is 2.36. The molecule has 0 aromatic rings. The fourth-order valence-electron chi connectivity index (χ4n) is 2.24. The molecule has 1 heterocycles. The van der Waals surface area contributed by atoms with E-state index in [1.54, 1.807) is 18.9 Å². The molecule has 0 saturated carbocycles. The maximum Gasteiger partial charge on any atom is 0.319 e. The molecular formula is C13H24N2O5. The van der Waals surface area contributed by atoms with Crippen molar-refractivity contribution in [2.75, 3.05) is 39.9 Å². The van der Waals surface area contributed by atoms with Gasteiger partial charge in [0.05, 0.1) is 25.2 Å². The maximum absolute atomic E-state index is 12.2. The molecule has 2 amide bonds. The summed E-state index contributed by atoms with van der Waals surface area (Å²) in [6, 6.07) is -0.140. The predicted octanol–water partition coefficient (Wildman–Crippen LogP) is 0.232. The van der Waals surface area contributed by atoms with Gasteiger partial charge in [-0.15, -0.1) is 0 Å². The second kappa shape index (κ2) is 8.06. The van der Waals surface area contributed by atoms with Crippen molar-refractivity contribution in [1.29, 1.82) is 0 Å². The highest BCUT2D eigenvalue weighted by Gasteiger charge is 2.26. The summed E-state index contributed by atoms with van der Waals surface area (Å²) in [5, 5.41) is 17.5. The maximum atomic E-state index is 12.2. The largest absolute Gasteiger partial charge is 0.481 e. The van der Waals surface area contributed by atoms with Gasteiger partial charge in [0.1, 0.15) is 0 Å². The van der Waals surface area contributed by atoms with Gasteiger partial charge in [-0.2, -0.15) is 0 Å². The quantitative estimate of drug-likeness (QED) is 0.730. The van der Waals surface area contributed by atoms with E-state index < -0.39 is 11.9 Å². The molecule has 0 spiro atoms. The normalized spacial score (nSPS) is 17.9. The van der Waals surface area contributed by atoms with E-state index in [1.807, 2.05) is 0 Å². The second-order valence-corrected chi connectivity index (χ2v) is 5.18. The van der Waals surface area contributed by atoms with Crippen molar-refractivity contribution >= 4 is 12.0 Å². The molecule has 1 unspecified atom stereocenters. The van der Waals surface area contributed by atoms with E-state index >= 15 is 0 Å². The molecule has 1 aliphatic rings. The lowest BCUT2D eigenvalue weighted by Crippen LogP contribution is -2.48. The molecule has 1 fully saturated rings. The number of carbonyl (C=O) groups excluding carboxylic acids is 1. The summed E-state index contributed by atoms with van der Waals surface area (Å²) in [5.41, 5.74) is 0. The van der Waals surface area contributed by atoms with Crippen molar-refractivity contribution < 1.29 is 24.5 Å². The van der Waals surface area contributed by atoms with E-state index in [0.717, 1.165) is 12.8 Å². The van der Waals surface area contributed by atoms with Crippen LogP contribution in [0, 0.1) is 5.92 Å². The molecule has 0 bridgehead atoms. The van der Waals surface area contributed by atoms with Crippen molar-refractivity contribution in [2.24, 2.45) is 5.92 Å². The van der Waals surface area contributed by atoms with Crippen LogP contribution in [0.3, 0.4) is 0 Å². The molecule has 7 heteroatoms. The Labute approximate surface area is 119 Å². The van der Waals surface area contributed by atoms with Crippen LogP contribution in [0.15, 0.2) is 0 Å². The van der Waals surface area contributed by atoms with Crippen molar-refractivity contribution in [3.63, 3.8) is 0 Å². The van der Waals surface area contributed by atoms with Crippen LogP contribution in [0.25, 0.3) is 0 Å². The first-order chi connectivity index (χ1) is 9.45. The third-order valence-electron chi connectivity index (χ3n) is 3.45. The molecule has 0 radical (unpaired) electrons. The Morgan fingerprint density at radius 3 is 2.50 bits per heavy atom. The molecule has 2 N–H and O–H groups in total. The SMILES string of the molecule is CC(CN(C)C(=O)N1CCC(OCCO)CC1)C(=O)O. The van der Waals surface area contributed by atoms with Crippen LogP contribution in [0.5, 0.6) is 0 Å². The van der Waals surface area contributed by atoms with Crippen molar-refractivity contribution in [1.82, 2.24) is 9.80 Å². The number of hydrogen-bond acceptors (Lipinski definition) is 4. The fourth-order valence-corrected chi connectivity index (χ4v) is 2.24. The van der Waals surface area contributed by atoms with Gasteiger partial charge in [-0.05, 0) is 12.8 Å². The molecule has 1 rings (SSSR count). The minimum atomic E-state index is -0.902. The van der Waals surface area contributed by atoms with Crippen molar-refractivity contribution in [3.8, 4) is 0 Å². The first-order valence-electron chi connectivity index (χ1n) is 6.91. The monoisotopic (exact) mass is 288 g/mol. The highest BCUT2D eigenvalue weighted by molar-refractivity contribution is 5.76. The Morgan fingerprint density at radius 2 is 2.00 bits per heavy atom. The molecule has 20 heavy (non-hydrogen) atoms. The third kappa shape index (κ3) is 4.97. The van der Waals surface area contributed by atoms with Gasteiger partial charge < -0.3 is 24.7 Å². The number of aliphatic carboxylic acids is 1. The Morgan fingerprint density at radius 1 is 1.40 bits per heavy atom. The number of carboxylic acid groups (broad SMARTS) is 1. The van der Waals surface area contributed by atoms with Crippen LogP contribution < -0.4 is 0 Å². The number of piperidine rings is 1. The highest BCUT2D eigenvalue weighted by Crippen LogP contribution is 2.15. The number of hydrogen-bond donors (Lipinski definition) is 2. The van der Waals surface area contributed by atoms with Gasteiger partial charge in [0.25, 0.3) is 0 Å². The summed E-state index contributed by atoms with van der Waals surface area (Å²) in [4.78, 5) is 26.1. The summed E-state index contributed by atoms with van der Waals surface area (Å²) in [6.07, 6.45) is 1.58. The van der Waals surface area contributed by atoms with Gasteiger partial charge in [-0.1, -0.05) is 6.92 Å². The fraction of sp³-hybridized carbons (Fsp3) is 0.846. The van der Waals surface area contributed by atoms with Crippen LogP contribution >= 0.6 is 0 Å². The topological polar surface area (TPSA) is 90.3 Å². The summed E-state index contributed by atoms with van der Waals surface area (Å²) in [5.74, 6) is -1.48. The molecule has 1 aliphatic heterocycles. The Bertz CT molecular complexity index is 329. The summed E-state index contributed by atoms with van der Waals surface area (Å²) < 4.78 is 5.44. The first-order valence-corrected chi connectivity index (χ1v) is 6.91. The number of carbonyl (C=O) groups is 2. The molecule has 1 atom stereocenters. The van der Waals surface area contributed by atoms with E-state index in [1.165, 1.54) is 4.90 Å². The number of rotatable bonds is 6. The first kappa shape index (κ1) is 16.7. The third-order valence-corrected chi connectivity index (χ3v) is 3.45. The van der Waals surface area contributed by atoms with Crippen LogP contribution in [0.4, 0.5) is 4.79 Å². The molecule has 0 aromatic heterocycles. The smallest absolute Gasteiger partial charge is 0.319 e. The summed E-state index contributed by atoms with van der Waals surface area (Å²) in [6.45, 7) is 3.32. The zero-order valence-electron chi connectivity index (χ0n) is 12.1. The zero-order chi connectivity index (χ0) is 15.1. The molecular weight excluding hydrogens is 264 g/mol. The minimum Gasteiger partial charge on any atom is -0.481 e. The lowest BCUT2D eigenvalue weighted by Gasteiger charge is -2.34. The molecule has 0 aromatic carbocycles. The Hall–Kier alpha value is -1.34. The van der Waals surface area contributed by atoms with E-state index in [4.69, 9.17) is 14.9 Å². The second-order valence-electron chi connectivity index (χ2n) is 5.18. The number of urea groups is 1. The number of nitrogens with zero attached hydrogens (tertiary/aromatic N) is 2. The van der Waals surface area contributed by atoms with Crippen molar-refractivity contribution in [3.05, 3.63) is 0 Å². The summed E-state index contributed by atoms with van der Waals surface area (Å²) in [7, 11) is 1.62.